The normalized spacial score (nSPS) is 26.5. The predicted molar refractivity (Wildman–Crippen MR) is 84.4 cm³/mol. The Morgan fingerprint density at radius 1 is 1.30 bits per heavy atom. The number of likely N-dealkylation sites (tertiary alicyclic amines) is 1. The minimum Gasteiger partial charge on any atom is -0.469 e. The number of amides is 1. The van der Waals surface area contributed by atoms with Gasteiger partial charge in [0.1, 0.15) is 11.6 Å². The van der Waals surface area contributed by atoms with Gasteiger partial charge in [0, 0.05) is 24.4 Å². The van der Waals surface area contributed by atoms with Crippen molar-refractivity contribution >= 4 is 5.91 Å². The highest BCUT2D eigenvalue weighted by molar-refractivity contribution is 5.83. The van der Waals surface area contributed by atoms with Crippen LogP contribution in [0.5, 0.6) is 0 Å². The summed E-state index contributed by atoms with van der Waals surface area (Å²) in [4.78, 5) is 14.8. The second-order valence-electron chi connectivity index (χ2n) is 6.63. The molecule has 1 saturated carbocycles. The van der Waals surface area contributed by atoms with Crippen molar-refractivity contribution in [3.05, 3.63) is 59.8 Å². The molecular formula is C19H20FNO2. The Bertz CT molecular complexity index is 697. The highest BCUT2D eigenvalue weighted by Gasteiger charge is 2.49. The third-order valence-electron chi connectivity index (χ3n) is 5.04. The van der Waals surface area contributed by atoms with Crippen molar-refractivity contribution in [3.63, 3.8) is 0 Å². The summed E-state index contributed by atoms with van der Waals surface area (Å²) in [5.74, 6) is 1.26. The quantitative estimate of drug-likeness (QED) is 0.861. The summed E-state index contributed by atoms with van der Waals surface area (Å²) in [5, 5.41) is 0. The van der Waals surface area contributed by atoms with Crippen LogP contribution >= 0.6 is 0 Å². The number of nitrogens with zero attached hydrogens (tertiary/aromatic N) is 1. The smallest absolute Gasteiger partial charge is 0.226 e. The van der Waals surface area contributed by atoms with Gasteiger partial charge in [-0.2, -0.15) is 0 Å². The van der Waals surface area contributed by atoms with Crippen molar-refractivity contribution < 1.29 is 13.6 Å². The van der Waals surface area contributed by atoms with Crippen molar-refractivity contribution in [2.45, 2.75) is 37.6 Å². The van der Waals surface area contributed by atoms with Gasteiger partial charge in [-0.05, 0) is 55.5 Å². The van der Waals surface area contributed by atoms with E-state index in [0.717, 1.165) is 43.6 Å². The third-order valence-corrected chi connectivity index (χ3v) is 5.04. The zero-order valence-electron chi connectivity index (χ0n) is 13.0. The van der Waals surface area contributed by atoms with Gasteiger partial charge in [-0.25, -0.2) is 4.39 Å². The fourth-order valence-corrected chi connectivity index (χ4v) is 3.77. The number of rotatable bonds is 4. The molecule has 4 heteroatoms. The fourth-order valence-electron chi connectivity index (χ4n) is 3.77. The number of carbonyl (C=O) groups excluding carboxylic acids is 1. The van der Waals surface area contributed by atoms with Gasteiger partial charge >= 0.3 is 0 Å². The first-order valence-corrected chi connectivity index (χ1v) is 8.30. The van der Waals surface area contributed by atoms with Crippen molar-refractivity contribution in [1.82, 2.24) is 4.90 Å². The SMILES string of the molecule is O=C(C1CC1c1ccco1)N1CCCC1Cc1cccc(F)c1. The van der Waals surface area contributed by atoms with Gasteiger partial charge < -0.3 is 9.32 Å². The third kappa shape index (κ3) is 2.90. The van der Waals surface area contributed by atoms with Crippen molar-refractivity contribution in [2.24, 2.45) is 5.92 Å². The Kier molecular flexibility index (Phi) is 3.68. The van der Waals surface area contributed by atoms with Crippen LogP contribution in [0.25, 0.3) is 0 Å². The van der Waals surface area contributed by atoms with Crippen LogP contribution in [0.1, 0.15) is 36.5 Å². The molecule has 3 atom stereocenters. The van der Waals surface area contributed by atoms with Crippen LogP contribution in [0.15, 0.2) is 47.1 Å². The number of halogens is 1. The van der Waals surface area contributed by atoms with E-state index in [2.05, 4.69) is 0 Å². The molecule has 2 aliphatic rings. The second kappa shape index (κ2) is 5.84. The zero-order valence-corrected chi connectivity index (χ0v) is 13.0. The van der Waals surface area contributed by atoms with E-state index < -0.39 is 0 Å². The van der Waals surface area contributed by atoms with Gasteiger partial charge in [-0.3, -0.25) is 4.79 Å². The van der Waals surface area contributed by atoms with Gasteiger partial charge in [0.05, 0.1) is 6.26 Å². The molecular weight excluding hydrogens is 293 g/mol. The molecule has 0 radical (unpaired) electrons. The van der Waals surface area contributed by atoms with Gasteiger partial charge in [0.25, 0.3) is 0 Å². The minimum atomic E-state index is -0.210. The highest BCUT2D eigenvalue weighted by Crippen LogP contribution is 2.49. The Morgan fingerprint density at radius 3 is 3.00 bits per heavy atom. The monoisotopic (exact) mass is 313 g/mol. The summed E-state index contributed by atoms with van der Waals surface area (Å²) in [7, 11) is 0. The Morgan fingerprint density at radius 2 is 2.22 bits per heavy atom. The van der Waals surface area contributed by atoms with E-state index in [4.69, 9.17) is 4.42 Å². The molecule has 3 nitrogen and oxygen atoms in total. The molecule has 2 fully saturated rings. The van der Waals surface area contributed by atoms with Crippen LogP contribution in [0, 0.1) is 11.7 Å². The van der Waals surface area contributed by atoms with Crippen molar-refractivity contribution in [1.29, 1.82) is 0 Å². The molecule has 2 aromatic rings. The fraction of sp³-hybridized carbons (Fsp3) is 0.421. The highest BCUT2D eigenvalue weighted by atomic mass is 19.1. The molecule has 1 aromatic heterocycles. The Hall–Kier alpha value is -2.10. The standard InChI is InChI=1S/C19H20FNO2/c20-14-5-1-4-13(10-14)11-15-6-2-8-21(15)19(22)17-12-16(17)18-7-3-9-23-18/h1,3-5,7,9-10,15-17H,2,6,8,11-12H2. The number of hydrogen-bond donors (Lipinski definition) is 0. The first-order valence-electron chi connectivity index (χ1n) is 8.30. The molecule has 1 saturated heterocycles. The van der Waals surface area contributed by atoms with Crippen molar-refractivity contribution in [2.75, 3.05) is 6.54 Å². The lowest BCUT2D eigenvalue weighted by Crippen LogP contribution is -2.38. The molecule has 3 unspecified atom stereocenters. The first kappa shape index (κ1) is 14.5. The Labute approximate surface area is 135 Å². The number of carbonyl (C=O) groups is 1. The maximum Gasteiger partial charge on any atom is 0.226 e. The van der Waals surface area contributed by atoms with Crippen LogP contribution in [-0.4, -0.2) is 23.4 Å². The summed E-state index contributed by atoms with van der Waals surface area (Å²) < 4.78 is 18.8. The van der Waals surface area contributed by atoms with Gasteiger partial charge in [-0.15, -0.1) is 0 Å². The number of furan rings is 1. The van der Waals surface area contributed by atoms with E-state index in [1.807, 2.05) is 23.1 Å². The molecule has 1 aromatic carbocycles. The van der Waals surface area contributed by atoms with Crippen LogP contribution in [0.2, 0.25) is 0 Å². The molecule has 2 heterocycles. The number of hydrogen-bond acceptors (Lipinski definition) is 2. The lowest BCUT2D eigenvalue weighted by atomic mass is 10.0. The van der Waals surface area contributed by atoms with E-state index in [1.54, 1.807) is 18.4 Å². The van der Waals surface area contributed by atoms with E-state index in [-0.39, 0.29) is 29.6 Å². The summed E-state index contributed by atoms with van der Waals surface area (Å²) in [5.41, 5.74) is 0.966. The molecule has 1 amide bonds. The van der Waals surface area contributed by atoms with E-state index in [1.165, 1.54) is 6.07 Å². The first-order chi connectivity index (χ1) is 11.2. The summed E-state index contributed by atoms with van der Waals surface area (Å²) in [6.45, 7) is 0.820. The van der Waals surface area contributed by atoms with Crippen molar-refractivity contribution in [3.8, 4) is 0 Å². The lowest BCUT2D eigenvalue weighted by molar-refractivity contribution is -0.133. The van der Waals surface area contributed by atoms with Crippen LogP contribution in [0.4, 0.5) is 4.39 Å². The average molecular weight is 313 g/mol. The molecule has 0 N–H and O–H groups in total. The largest absolute Gasteiger partial charge is 0.469 e. The molecule has 4 rings (SSSR count). The molecule has 23 heavy (non-hydrogen) atoms. The van der Waals surface area contributed by atoms with E-state index >= 15 is 0 Å². The lowest BCUT2D eigenvalue weighted by Gasteiger charge is -2.25. The van der Waals surface area contributed by atoms with Crippen LogP contribution in [-0.2, 0) is 11.2 Å². The molecule has 1 aliphatic heterocycles. The van der Waals surface area contributed by atoms with Gasteiger partial charge in [0.2, 0.25) is 5.91 Å². The molecule has 0 spiro atoms. The van der Waals surface area contributed by atoms with Gasteiger partial charge in [0.15, 0.2) is 0 Å². The summed E-state index contributed by atoms with van der Waals surface area (Å²) >= 11 is 0. The summed E-state index contributed by atoms with van der Waals surface area (Å²) in [6, 6.07) is 10.7. The molecule has 1 aliphatic carbocycles. The molecule has 120 valence electrons. The topological polar surface area (TPSA) is 33.5 Å². The summed E-state index contributed by atoms with van der Waals surface area (Å²) in [6.07, 6.45) is 5.32. The Balaban J connectivity index is 1.43. The van der Waals surface area contributed by atoms with E-state index in [9.17, 15) is 9.18 Å². The van der Waals surface area contributed by atoms with Crippen LogP contribution < -0.4 is 0 Å². The second-order valence-corrected chi connectivity index (χ2v) is 6.63. The van der Waals surface area contributed by atoms with Gasteiger partial charge in [-0.1, -0.05) is 12.1 Å². The molecule has 0 bridgehead atoms. The van der Waals surface area contributed by atoms with E-state index in [0.29, 0.717) is 0 Å². The maximum absolute atomic E-state index is 13.4. The predicted octanol–water partition coefficient (Wildman–Crippen LogP) is 3.76. The number of benzene rings is 1. The minimum absolute atomic E-state index is 0.0641. The average Bonchev–Trinajstić information content (AvgIpc) is 2.96. The zero-order chi connectivity index (χ0) is 15.8. The van der Waals surface area contributed by atoms with Crippen LogP contribution in [0.3, 0.4) is 0 Å². The maximum atomic E-state index is 13.4.